The van der Waals surface area contributed by atoms with Gasteiger partial charge in [0.15, 0.2) is 0 Å². The second kappa shape index (κ2) is 6.18. The predicted molar refractivity (Wildman–Crippen MR) is 96.6 cm³/mol. The third kappa shape index (κ3) is 2.83. The third-order valence-corrected chi connectivity index (χ3v) is 4.55. The summed E-state index contributed by atoms with van der Waals surface area (Å²) in [7, 11) is 1.93. The monoisotopic (exact) mass is 356 g/mol. The number of nitrogens with zero attached hydrogens (tertiary/aromatic N) is 5. The van der Waals surface area contributed by atoms with E-state index in [0.717, 1.165) is 27.2 Å². The van der Waals surface area contributed by atoms with Crippen LogP contribution in [0.4, 0.5) is 5.69 Å². The fraction of sp³-hybridized carbons (Fsp3) is 0.0625. The zero-order chi connectivity index (χ0) is 16.5. The van der Waals surface area contributed by atoms with Crippen molar-refractivity contribution < 1.29 is 0 Å². The van der Waals surface area contributed by atoms with Crippen molar-refractivity contribution in [2.24, 2.45) is 7.05 Å². The summed E-state index contributed by atoms with van der Waals surface area (Å²) in [6, 6.07) is 9.71. The molecule has 0 aliphatic heterocycles. The number of aryl methyl sites for hydroxylation is 1. The number of fused-ring (bicyclic) bond motifs is 1. The number of halogens is 1. The molecule has 0 bridgehead atoms. The highest BCUT2D eigenvalue weighted by molar-refractivity contribution is 8.00. The predicted octanol–water partition coefficient (Wildman–Crippen LogP) is 3.93. The topological polar surface area (TPSA) is 60.6 Å². The van der Waals surface area contributed by atoms with Gasteiger partial charge in [0.25, 0.3) is 0 Å². The minimum atomic E-state index is 0.443. The molecule has 0 spiro atoms. The van der Waals surface area contributed by atoms with Crippen molar-refractivity contribution in [3.05, 3.63) is 60.3 Å². The fourth-order valence-electron chi connectivity index (χ4n) is 2.46. The molecule has 0 unspecified atom stereocenters. The van der Waals surface area contributed by atoms with Gasteiger partial charge in [-0.2, -0.15) is 10.2 Å². The van der Waals surface area contributed by atoms with Crippen LogP contribution in [0.2, 0.25) is 5.15 Å². The first-order chi connectivity index (χ1) is 11.7. The summed E-state index contributed by atoms with van der Waals surface area (Å²) in [5, 5.41) is 10.2. The molecule has 3 aromatic heterocycles. The van der Waals surface area contributed by atoms with Crippen molar-refractivity contribution in [3.8, 4) is 5.69 Å². The molecule has 0 aliphatic rings. The average molecular weight is 357 g/mol. The first-order valence-corrected chi connectivity index (χ1v) is 8.40. The second-order valence-electron chi connectivity index (χ2n) is 5.17. The maximum atomic E-state index is 5.92. The molecule has 3 heterocycles. The lowest BCUT2D eigenvalue weighted by Gasteiger charge is -2.06. The Morgan fingerprint density at radius 1 is 1.17 bits per heavy atom. The first kappa shape index (κ1) is 15.0. The van der Waals surface area contributed by atoms with Crippen LogP contribution in [0.25, 0.3) is 16.6 Å². The van der Waals surface area contributed by atoms with Gasteiger partial charge in [-0.05, 0) is 24.1 Å². The van der Waals surface area contributed by atoms with Crippen LogP contribution in [-0.2, 0) is 7.05 Å². The number of rotatable bonds is 4. The van der Waals surface area contributed by atoms with Gasteiger partial charge in [-0.3, -0.25) is 4.68 Å². The Morgan fingerprint density at radius 3 is 2.96 bits per heavy atom. The molecule has 0 saturated heterocycles. The lowest BCUT2D eigenvalue weighted by molar-refractivity contribution is 0.798. The Kier molecular flexibility index (Phi) is 3.87. The quantitative estimate of drug-likeness (QED) is 0.443. The number of aromatic nitrogens is 5. The molecule has 0 amide bonds. The number of para-hydroxylation sites is 1. The smallest absolute Gasteiger partial charge is 0.131 e. The van der Waals surface area contributed by atoms with Crippen molar-refractivity contribution in [1.82, 2.24) is 24.5 Å². The van der Waals surface area contributed by atoms with E-state index >= 15 is 0 Å². The van der Waals surface area contributed by atoms with Gasteiger partial charge in [-0.25, -0.2) is 9.67 Å². The first-order valence-electron chi connectivity index (χ1n) is 7.21. The molecular weight excluding hydrogens is 344 g/mol. The van der Waals surface area contributed by atoms with Crippen molar-refractivity contribution >= 4 is 40.1 Å². The minimum absolute atomic E-state index is 0.443. The summed E-state index contributed by atoms with van der Waals surface area (Å²) in [5.41, 5.74) is 2.95. The van der Waals surface area contributed by atoms with Crippen LogP contribution < -0.4 is 4.72 Å². The van der Waals surface area contributed by atoms with Crippen LogP contribution in [0.3, 0.4) is 0 Å². The number of hydrogen-bond donors (Lipinski definition) is 1. The number of hydrogen-bond acceptors (Lipinski definition) is 5. The summed E-state index contributed by atoms with van der Waals surface area (Å²) >= 11 is 7.42. The lowest BCUT2D eigenvalue weighted by atomic mass is 10.2. The number of anilines is 1. The molecular formula is C16H13ClN6S. The Balaban J connectivity index is 1.55. The molecule has 0 atom stereocenters. The van der Waals surface area contributed by atoms with Crippen LogP contribution in [0.1, 0.15) is 0 Å². The maximum Gasteiger partial charge on any atom is 0.131 e. The largest absolute Gasteiger partial charge is 0.324 e. The van der Waals surface area contributed by atoms with E-state index in [2.05, 4.69) is 19.9 Å². The van der Waals surface area contributed by atoms with Gasteiger partial charge in [0.05, 0.1) is 34.2 Å². The van der Waals surface area contributed by atoms with Crippen LogP contribution in [-0.4, -0.2) is 24.5 Å². The molecule has 0 radical (unpaired) electrons. The highest BCUT2D eigenvalue weighted by Crippen LogP contribution is 2.28. The minimum Gasteiger partial charge on any atom is -0.324 e. The molecule has 4 aromatic rings. The fourth-order valence-corrected chi connectivity index (χ4v) is 3.28. The highest BCUT2D eigenvalue weighted by atomic mass is 35.5. The van der Waals surface area contributed by atoms with E-state index in [4.69, 9.17) is 11.6 Å². The maximum absolute atomic E-state index is 5.92. The van der Waals surface area contributed by atoms with E-state index < -0.39 is 0 Å². The third-order valence-electron chi connectivity index (χ3n) is 3.57. The molecule has 1 aromatic carbocycles. The molecule has 8 heteroatoms. The van der Waals surface area contributed by atoms with Crippen LogP contribution in [0.5, 0.6) is 0 Å². The molecule has 0 aliphatic carbocycles. The summed E-state index contributed by atoms with van der Waals surface area (Å²) < 4.78 is 7.00. The summed E-state index contributed by atoms with van der Waals surface area (Å²) in [5.74, 6) is 0. The van der Waals surface area contributed by atoms with Gasteiger partial charge < -0.3 is 4.72 Å². The van der Waals surface area contributed by atoms with Crippen molar-refractivity contribution in [2.75, 3.05) is 4.72 Å². The summed E-state index contributed by atoms with van der Waals surface area (Å²) in [6.07, 6.45) is 7.26. The molecule has 6 nitrogen and oxygen atoms in total. The van der Waals surface area contributed by atoms with Crippen LogP contribution in [0.15, 0.2) is 60.0 Å². The average Bonchev–Trinajstić information content (AvgIpc) is 3.21. The van der Waals surface area contributed by atoms with E-state index in [9.17, 15) is 0 Å². The number of benzene rings is 1. The van der Waals surface area contributed by atoms with E-state index in [1.165, 1.54) is 11.9 Å². The molecule has 120 valence electrons. The molecule has 4 rings (SSSR count). The van der Waals surface area contributed by atoms with Gasteiger partial charge >= 0.3 is 0 Å². The Labute approximate surface area is 147 Å². The van der Waals surface area contributed by atoms with Crippen LogP contribution >= 0.6 is 23.5 Å². The zero-order valence-electron chi connectivity index (χ0n) is 12.7. The SMILES string of the molecule is Cn1ncc2cccc(NSc3cnn(-c4ccnc(Cl)c4)c3)c21. The second-order valence-corrected chi connectivity index (χ2v) is 6.44. The zero-order valence-corrected chi connectivity index (χ0v) is 14.3. The Bertz CT molecular complexity index is 1010. The van der Waals surface area contributed by atoms with Crippen molar-refractivity contribution in [3.63, 3.8) is 0 Å². The van der Waals surface area contributed by atoms with Gasteiger partial charge in [-0.1, -0.05) is 23.7 Å². The van der Waals surface area contributed by atoms with Crippen molar-refractivity contribution in [2.45, 2.75) is 4.90 Å². The Hall–Kier alpha value is -2.51. The molecule has 0 fully saturated rings. The van der Waals surface area contributed by atoms with Crippen molar-refractivity contribution in [1.29, 1.82) is 0 Å². The van der Waals surface area contributed by atoms with E-state index in [0.29, 0.717) is 5.15 Å². The standard InChI is InChI=1S/C16H13ClN6S/c1-22-16-11(8-19-22)3-2-4-14(16)21-24-13-9-20-23(10-13)12-5-6-18-15(17)7-12/h2-10,21H,1H3. The van der Waals surface area contributed by atoms with Gasteiger partial charge in [-0.15, -0.1) is 0 Å². The normalized spacial score (nSPS) is 11.1. The molecule has 24 heavy (non-hydrogen) atoms. The van der Waals surface area contributed by atoms with Gasteiger partial charge in [0.1, 0.15) is 5.15 Å². The van der Waals surface area contributed by atoms with E-state index in [1.54, 1.807) is 23.1 Å². The lowest BCUT2D eigenvalue weighted by Crippen LogP contribution is -1.95. The molecule has 0 saturated carbocycles. The number of nitrogens with one attached hydrogen (secondary N) is 1. The molecule has 1 N–H and O–H groups in total. The van der Waals surface area contributed by atoms with E-state index in [-0.39, 0.29) is 0 Å². The van der Waals surface area contributed by atoms with Gasteiger partial charge in [0, 0.05) is 30.9 Å². The van der Waals surface area contributed by atoms with Gasteiger partial charge in [0.2, 0.25) is 0 Å². The highest BCUT2D eigenvalue weighted by Gasteiger charge is 2.07. The number of pyridine rings is 1. The summed E-state index contributed by atoms with van der Waals surface area (Å²) in [4.78, 5) is 4.97. The Morgan fingerprint density at radius 2 is 2.08 bits per heavy atom. The summed E-state index contributed by atoms with van der Waals surface area (Å²) in [6.45, 7) is 0. The van der Waals surface area contributed by atoms with Crippen LogP contribution in [0, 0.1) is 0 Å². The van der Waals surface area contributed by atoms with E-state index in [1.807, 2.05) is 48.4 Å².